The topological polar surface area (TPSA) is 142 Å². The quantitative estimate of drug-likeness (QED) is 0.0719. The molecule has 0 aliphatic heterocycles. The summed E-state index contributed by atoms with van der Waals surface area (Å²) in [6.07, 6.45) is 0.448. The molecule has 0 heterocycles. The molecule has 0 fully saturated rings. The fourth-order valence-electron chi connectivity index (χ4n) is 2.46. The van der Waals surface area contributed by atoms with Crippen LogP contribution in [0.5, 0.6) is 0 Å². The zero-order chi connectivity index (χ0) is 33.3. The smallest absolute Gasteiger partial charge is 0.333 e. The van der Waals surface area contributed by atoms with Gasteiger partial charge in [-0.2, -0.15) is 0 Å². The molecule has 0 rings (SSSR count). The van der Waals surface area contributed by atoms with Crippen LogP contribution in [0, 0.1) is 5.41 Å². The van der Waals surface area contributed by atoms with Crippen molar-refractivity contribution in [1.29, 1.82) is 0 Å². The number of ether oxygens (including phenoxy) is 8. The van der Waals surface area contributed by atoms with Crippen LogP contribution in [0.15, 0.2) is 48.6 Å². The average Bonchev–Trinajstić information content (AvgIpc) is 2.96. The first-order valence-electron chi connectivity index (χ1n) is 13.8. The maximum absolute atomic E-state index is 11.6. The minimum atomic E-state index is -0.860. The summed E-state index contributed by atoms with van der Waals surface area (Å²) in [5.41, 5.74) is 0.270. The highest BCUT2D eigenvalue weighted by Gasteiger charge is 2.34. The van der Waals surface area contributed by atoms with Gasteiger partial charge in [0, 0.05) is 29.4 Å². The summed E-state index contributed by atoms with van der Waals surface area (Å²) in [6.45, 7) is 25.5. The Balaban J connectivity index is 0. The molecule has 0 radical (unpaired) electrons. The molecule has 12 heteroatoms. The van der Waals surface area contributed by atoms with E-state index in [-0.39, 0.29) is 43.1 Å². The minimum Gasteiger partial charge on any atom is -0.461 e. The van der Waals surface area contributed by atoms with Gasteiger partial charge < -0.3 is 37.9 Å². The Bertz CT molecular complexity index is 848. The molecule has 0 aromatic carbocycles. The van der Waals surface area contributed by atoms with E-state index in [0.717, 1.165) is 0 Å². The normalized spacial score (nSPS) is 10.5. The molecule has 0 aromatic heterocycles. The van der Waals surface area contributed by atoms with Crippen molar-refractivity contribution >= 4 is 23.9 Å². The molecule has 0 saturated carbocycles. The Morgan fingerprint density at radius 2 is 0.767 bits per heavy atom. The van der Waals surface area contributed by atoms with E-state index in [1.807, 2.05) is 6.92 Å². The third-order valence-corrected chi connectivity index (χ3v) is 5.31. The fourth-order valence-corrected chi connectivity index (χ4v) is 2.46. The second kappa shape index (κ2) is 25.2. The van der Waals surface area contributed by atoms with E-state index in [4.69, 9.17) is 37.9 Å². The Kier molecular flexibility index (Phi) is 24.5. The average molecular weight is 615 g/mol. The van der Waals surface area contributed by atoms with Crippen LogP contribution < -0.4 is 0 Å². The molecule has 0 aromatic rings. The molecule has 0 aliphatic carbocycles. The number of carbonyl (C=O) groups is 4. The van der Waals surface area contributed by atoms with Crippen molar-refractivity contribution in [2.24, 2.45) is 5.41 Å². The Morgan fingerprint density at radius 1 is 0.488 bits per heavy atom. The molecular weight excluding hydrogens is 564 g/mol. The van der Waals surface area contributed by atoms with Crippen LogP contribution in [0.25, 0.3) is 0 Å². The van der Waals surface area contributed by atoms with Gasteiger partial charge in [0.1, 0.15) is 26.4 Å². The molecule has 0 N–H and O–H groups in total. The summed E-state index contributed by atoms with van der Waals surface area (Å²) in [6, 6.07) is 0. The molecule has 0 saturated heterocycles. The molecule has 0 aliphatic rings. The Labute approximate surface area is 255 Å². The molecule has 0 unspecified atom stereocenters. The van der Waals surface area contributed by atoms with Crippen LogP contribution in [0.1, 0.15) is 41.0 Å². The zero-order valence-electron chi connectivity index (χ0n) is 26.7. The van der Waals surface area contributed by atoms with Crippen molar-refractivity contribution in [3.8, 4) is 0 Å². The first kappa shape index (κ1) is 41.8. The second-order valence-electron chi connectivity index (χ2n) is 9.67. The highest BCUT2D eigenvalue weighted by atomic mass is 16.6. The molecule has 0 atom stereocenters. The number of carbonyl (C=O) groups excluding carboxylic acids is 4. The monoisotopic (exact) mass is 614 g/mol. The SMILES string of the molecule is C=C(C)C(=O)OCC(CC)(COC(=O)C(=C)C)COC(=O)C(=C)C.C=C(C)C(=O)OCCOCCOCCOCCOC. The number of hydrogen-bond donors (Lipinski definition) is 0. The molecule has 43 heavy (non-hydrogen) atoms. The van der Waals surface area contributed by atoms with E-state index >= 15 is 0 Å². The van der Waals surface area contributed by atoms with Gasteiger partial charge in [0.15, 0.2) is 0 Å². The summed E-state index contributed by atoms with van der Waals surface area (Å²) < 4.78 is 40.9. The standard InChI is InChI=1S/C18H26O6.C13H24O6/c1-8-18(9-22-15(19)12(2)3,10-23-16(20)13(4)5)11-24-17(21)14(6)7;1-12(2)13(14)19-11-10-18-9-8-17-7-6-16-5-4-15-3/h2,4,6,8-11H2,1,3,5,7H3;1,4-11H2,2-3H3. The Hall–Kier alpha value is -3.32. The van der Waals surface area contributed by atoms with Gasteiger partial charge in [0.25, 0.3) is 0 Å². The third-order valence-electron chi connectivity index (χ3n) is 5.31. The second-order valence-corrected chi connectivity index (χ2v) is 9.67. The number of rotatable bonds is 23. The molecule has 0 spiro atoms. The van der Waals surface area contributed by atoms with Crippen molar-refractivity contribution in [2.75, 3.05) is 79.8 Å². The summed E-state index contributed by atoms with van der Waals surface area (Å²) >= 11 is 0. The molecule has 0 bridgehead atoms. The first-order chi connectivity index (χ1) is 20.2. The minimum absolute atomic E-state index is 0.0812. The van der Waals surface area contributed by atoms with Crippen molar-refractivity contribution in [2.45, 2.75) is 41.0 Å². The van der Waals surface area contributed by atoms with Crippen LogP contribution in [-0.4, -0.2) is 104 Å². The lowest BCUT2D eigenvalue weighted by molar-refractivity contribution is -0.157. The lowest BCUT2D eigenvalue weighted by Crippen LogP contribution is -2.39. The lowest BCUT2D eigenvalue weighted by Gasteiger charge is -2.31. The van der Waals surface area contributed by atoms with E-state index < -0.39 is 29.3 Å². The van der Waals surface area contributed by atoms with Crippen LogP contribution in [0.2, 0.25) is 0 Å². The van der Waals surface area contributed by atoms with E-state index in [9.17, 15) is 19.2 Å². The van der Waals surface area contributed by atoms with Gasteiger partial charge in [-0.3, -0.25) is 0 Å². The molecule has 246 valence electrons. The first-order valence-corrected chi connectivity index (χ1v) is 13.8. The van der Waals surface area contributed by atoms with Crippen LogP contribution in [0.3, 0.4) is 0 Å². The third kappa shape index (κ3) is 22.9. The highest BCUT2D eigenvalue weighted by molar-refractivity contribution is 5.88. The zero-order valence-corrected chi connectivity index (χ0v) is 26.7. The number of esters is 4. The molecule has 12 nitrogen and oxygen atoms in total. The van der Waals surface area contributed by atoms with Gasteiger partial charge in [0.05, 0.1) is 51.7 Å². The van der Waals surface area contributed by atoms with Crippen molar-refractivity contribution in [3.63, 3.8) is 0 Å². The molecule has 0 amide bonds. The van der Waals surface area contributed by atoms with Crippen molar-refractivity contribution < 1.29 is 57.1 Å². The van der Waals surface area contributed by atoms with E-state index in [0.29, 0.717) is 58.2 Å². The van der Waals surface area contributed by atoms with Gasteiger partial charge in [-0.05, 0) is 34.1 Å². The summed E-state index contributed by atoms with van der Waals surface area (Å²) in [7, 11) is 1.63. The molecular formula is C31H50O12. The van der Waals surface area contributed by atoms with Gasteiger partial charge >= 0.3 is 23.9 Å². The lowest BCUT2D eigenvalue weighted by atomic mass is 9.88. The largest absolute Gasteiger partial charge is 0.461 e. The van der Waals surface area contributed by atoms with Crippen LogP contribution >= 0.6 is 0 Å². The van der Waals surface area contributed by atoms with Crippen LogP contribution in [0.4, 0.5) is 0 Å². The predicted octanol–water partition coefficient (Wildman–Crippen LogP) is 3.54. The van der Waals surface area contributed by atoms with E-state index in [2.05, 4.69) is 26.3 Å². The number of methoxy groups -OCH3 is 1. The summed E-state index contributed by atoms with van der Waals surface area (Å²) in [4.78, 5) is 45.9. The van der Waals surface area contributed by atoms with Gasteiger partial charge in [-0.15, -0.1) is 0 Å². The summed E-state index contributed by atoms with van der Waals surface area (Å²) in [5, 5.41) is 0. The van der Waals surface area contributed by atoms with Crippen molar-refractivity contribution in [1.82, 2.24) is 0 Å². The van der Waals surface area contributed by atoms with E-state index in [1.54, 1.807) is 14.0 Å². The summed E-state index contributed by atoms with van der Waals surface area (Å²) in [5.74, 6) is -2.09. The van der Waals surface area contributed by atoms with Crippen molar-refractivity contribution in [3.05, 3.63) is 48.6 Å². The Morgan fingerprint density at radius 3 is 1.05 bits per heavy atom. The fraction of sp³-hybridized carbons (Fsp3) is 0.613. The maximum atomic E-state index is 11.6. The number of hydrogen-bond acceptors (Lipinski definition) is 12. The maximum Gasteiger partial charge on any atom is 0.333 e. The van der Waals surface area contributed by atoms with E-state index in [1.165, 1.54) is 20.8 Å². The highest BCUT2D eigenvalue weighted by Crippen LogP contribution is 2.25. The van der Waals surface area contributed by atoms with Gasteiger partial charge in [-0.25, -0.2) is 19.2 Å². The van der Waals surface area contributed by atoms with Gasteiger partial charge in [-0.1, -0.05) is 33.2 Å². The predicted molar refractivity (Wildman–Crippen MR) is 160 cm³/mol. The van der Waals surface area contributed by atoms with Crippen LogP contribution in [-0.2, 0) is 57.1 Å². The van der Waals surface area contributed by atoms with Gasteiger partial charge in [0.2, 0.25) is 0 Å².